The van der Waals surface area contributed by atoms with E-state index in [-0.39, 0.29) is 5.91 Å². The van der Waals surface area contributed by atoms with Crippen molar-refractivity contribution in [2.75, 3.05) is 19.6 Å². The number of imidazole rings is 1. The van der Waals surface area contributed by atoms with Crippen molar-refractivity contribution >= 4 is 5.91 Å². The minimum Gasteiger partial charge on any atom is -0.350 e. The Kier molecular flexibility index (Phi) is 4.66. The van der Waals surface area contributed by atoms with E-state index in [1.807, 2.05) is 20.0 Å². The molecule has 0 bridgehead atoms. The zero-order valence-electron chi connectivity index (χ0n) is 13.5. The average Bonchev–Trinajstić information content (AvgIpc) is 3.15. The summed E-state index contributed by atoms with van der Waals surface area (Å²) in [6.45, 7) is 7.39. The molecule has 3 heterocycles. The number of carbonyl (C=O) groups excluding carboxylic acids is 1. The zero-order chi connectivity index (χ0) is 16.2. The monoisotopic (exact) mass is 314 g/mol. The molecule has 7 nitrogen and oxygen atoms in total. The zero-order valence-corrected chi connectivity index (χ0v) is 13.5. The standard InChI is InChI=1S/C16H22N6O/c1-11-5-19-15(8-17-11)16(23)20-6-13-3-4-22(9-13)10-14-7-18-12(2)21-14/h5,7-8,13H,3-4,6,9-10H2,1-2H3,(H,18,21)(H,20,23)/t13-/m1/s1. The lowest BCUT2D eigenvalue weighted by Gasteiger charge is -2.15. The van der Waals surface area contributed by atoms with E-state index < -0.39 is 0 Å². The highest BCUT2D eigenvalue weighted by atomic mass is 16.1. The third-order valence-electron chi connectivity index (χ3n) is 4.08. The number of aromatic nitrogens is 4. The summed E-state index contributed by atoms with van der Waals surface area (Å²) < 4.78 is 0. The second kappa shape index (κ2) is 6.87. The van der Waals surface area contributed by atoms with Crippen LogP contribution in [-0.2, 0) is 6.54 Å². The Labute approximate surface area is 135 Å². The van der Waals surface area contributed by atoms with Crippen molar-refractivity contribution in [3.63, 3.8) is 0 Å². The first-order valence-corrected chi connectivity index (χ1v) is 7.90. The summed E-state index contributed by atoms with van der Waals surface area (Å²) >= 11 is 0. The Balaban J connectivity index is 1.44. The van der Waals surface area contributed by atoms with Crippen molar-refractivity contribution in [3.05, 3.63) is 41.5 Å². The third-order valence-corrected chi connectivity index (χ3v) is 4.08. The van der Waals surface area contributed by atoms with Crippen molar-refractivity contribution < 1.29 is 4.79 Å². The maximum atomic E-state index is 12.0. The quantitative estimate of drug-likeness (QED) is 0.862. The van der Waals surface area contributed by atoms with E-state index in [4.69, 9.17) is 0 Å². The Hall–Kier alpha value is -2.28. The molecule has 3 rings (SSSR count). The maximum Gasteiger partial charge on any atom is 0.271 e. The van der Waals surface area contributed by atoms with Crippen LogP contribution in [0.3, 0.4) is 0 Å². The molecule has 2 aromatic heterocycles. The molecule has 1 atom stereocenters. The SMILES string of the molecule is Cc1cnc(C(=O)NC[C@H]2CCN(Cc3cnc(C)[nH]3)C2)cn1. The van der Waals surface area contributed by atoms with Gasteiger partial charge in [-0.3, -0.25) is 14.7 Å². The molecule has 0 unspecified atom stereocenters. The Bertz CT molecular complexity index is 665. The minimum atomic E-state index is -0.153. The number of aryl methyl sites for hydroxylation is 2. The lowest BCUT2D eigenvalue weighted by atomic mass is 10.1. The van der Waals surface area contributed by atoms with Crippen LogP contribution >= 0.6 is 0 Å². The molecule has 122 valence electrons. The summed E-state index contributed by atoms with van der Waals surface area (Å²) in [5, 5.41) is 2.96. The normalized spacial score (nSPS) is 18.3. The summed E-state index contributed by atoms with van der Waals surface area (Å²) in [6, 6.07) is 0. The summed E-state index contributed by atoms with van der Waals surface area (Å²) in [5.74, 6) is 1.27. The summed E-state index contributed by atoms with van der Waals surface area (Å²) in [6.07, 6.45) is 6.11. The van der Waals surface area contributed by atoms with Gasteiger partial charge >= 0.3 is 0 Å². The summed E-state index contributed by atoms with van der Waals surface area (Å²) in [7, 11) is 0. The molecule has 2 aromatic rings. The summed E-state index contributed by atoms with van der Waals surface area (Å²) in [4.78, 5) is 30.1. The van der Waals surface area contributed by atoms with Crippen LogP contribution < -0.4 is 5.32 Å². The number of rotatable bonds is 5. The number of aromatic amines is 1. The van der Waals surface area contributed by atoms with E-state index in [1.165, 1.54) is 6.20 Å². The number of nitrogens with one attached hydrogen (secondary N) is 2. The molecule has 23 heavy (non-hydrogen) atoms. The van der Waals surface area contributed by atoms with Gasteiger partial charge in [-0.2, -0.15) is 0 Å². The van der Waals surface area contributed by atoms with Crippen LogP contribution in [0.4, 0.5) is 0 Å². The molecule has 0 aromatic carbocycles. The molecule has 1 aliphatic heterocycles. The molecule has 7 heteroatoms. The van der Waals surface area contributed by atoms with Gasteiger partial charge in [0.15, 0.2) is 0 Å². The van der Waals surface area contributed by atoms with Crippen LogP contribution in [0.1, 0.15) is 34.1 Å². The number of H-pyrrole nitrogens is 1. The first kappa shape index (κ1) is 15.6. The predicted octanol–water partition coefficient (Wildman–Crippen LogP) is 1.07. The van der Waals surface area contributed by atoms with Gasteiger partial charge in [-0.25, -0.2) is 9.97 Å². The van der Waals surface area contributed by atoms with E-state index in [9.17, 15) is 4.79 Å². The average molecular weight is 314 g/mol. The van der Waals surface area contributed by atoms with Crippen molar-refractivity contribution in [3.8, 4) is 0 Å². The van der Waals surface area contributed by atoms with E-state index >= 15 is 0 Å². The van der Waals surface area contributed by atoms with Gasteiger partial charge in [0, 0.05) is 37.7 Å². The van der Waals surface area contributed by atoms with Gasteiger partial charge < -0.3 is 10.3 Å². The van der Waals surface area contributed by atoms with Crippen LogP contribution in [0.15, 0.2) is 18.6 Å². The molecule has 0 radical (unpaired) electrons. The van der Waals surface area contributed by atoms with Crippen molar-refractivity contribution in [2.24, 2.45) is 5.92 Å². The van der Waals surface area contributed by atoms with E-state index in [0.29, 0.717) is 18.2 Å². The molecule has 2 N–H and O–H groups in total. The second-order valence-corrected chi connectivity index (χ2v) is 6.14. The van der Waals surface area contributed by atoms with Crippen LogP contribution in [-0.4, -0.2) is 50.4 Å². The van der Waals surface area contributed by atoms with Gasteiger partial charge in [-0.05, 0) is 32.7 Å². The molecule has 0 spiro atoms. The number of hydrogen-bond acceptors (Lipinski definition) is 5. The molecule has 1 aliphatic rings. The molecular weight excluding hydrogens is 292 g/mol. The van der Waals surface area contributed by atoms with Crippen LogP contribution in [0.5, 0.6) is 0 Å². The Morgan fingerprint density at radius 1 is 1.30 bits per heavy atom. The van der Waals surface area contributed by atoms with E-state index in [1.54, 1.807) is 6.20 Å². The van der Waals surface area contributed by atoms with Crippen molar-refractivity contribution in [1.29, 1.82) is 0 Å². The molecule has 0 aliphatic carbocycles. The van der Waals surface area contributed by atoms with Gasteiger partial charge in [0.2, 0.25) is 0 Å². The first-order valence-electron chi connectivity index (χ1n) is 7.90. The molecule has 1 fully saturated rings. The van der Waals surface area contributed by atoms with Crippen LogP contribution in [0, 0.1) is 19.8 Å². The first-order chi connectivity index (χ1) is 11.1. The Morgan fingerprint density at radius 2 is 2.17 bits per heavy atom. The Morgan fingerprint density at radius 3 is 2.87 bits per heavy atom. The van der Waals surface area contributed by atoms with E-state index in [2.05, 4.69) is 30.2 Å². The smallest absolute Gasteiger partial charge is 0.271 e. The van der Waals surface area contributed by atoms with Crippen molar-refractivity contribution in [2.45, 2.75) is 26.8 Å². The van der Waals surface area contributed by atoms with Gasteiger partial charge in [-0.15, -0.1) is 0 Å². The molecule has 1 saturated heterocycles. The van der Waals surface area contributed by atoms with E-state index in [0.717, 1.165) is 43.3 Å². The molecular formula is C16H22N6O. The van der Waals surface area contributed by atoms with Gasteiger partial charge in [0.1, 0.15) is 11.5 Å². The van der Waals surface area contributed by atoms with Gasteiger partial charge in [0.25, 0.3) is 5.91 Å². The van der Waals surface area contributed by atoms with Gasteiger partial charge in [-0.1, -0.05) is 0 Å². The predicted molar refractivity (Wildman–Crippen MR) is 85.8 cm³/mol. The highest BCUT2D eigenvalue weighted by Gasteiger charge is 2.23. The number of carbonyl (C=O) groups is 1. The highest BCUT2D eigenvalue weighted by molar-refractivity contribution is 5.91. The maximum absolute atomic E-state index is 12.0. The topological polar surface area (TPSA) is 86.8 Å². The number of amides is 1. The lowest BCUT2D eigenvalue weighted by Crippen LogP contribution is -2.31. The van der Waals surface area contributed by atoms with Crippen molar-refractivity contribution in [1.82, 2.24) is 30.2 Å². The van der Waals surface area contributed by atoms with Crippen LogP contribution in [0.25, 0.3) is 0 Å². The fourth-order valence-electron chi connectivity index (χ4n) is 2.85. The highest BCUT2D eigenvalue weighted by Crippen LogP contribution is 2.17. The van der Waals surface area contributed by atoms with Crippen LogP contribution in [0.2, 0.25) is 0 Å². The lowest BCUT2D eigenvalue weighted by molar-refractivity contribution is 0.0942. The number of likely N-dealkylation sites (tertiary alicyclic amines) is 1. The summed E-state index contributed by atoms with van der Waals surface area (Å²) in [5.41, 5.74) is 2.32. The minimum absolute atomic E-state index is 0.153. The molecule has 0 saturated carbocycles. The van der Waals surface area contributed by atoms with Gasteiger partial charge in [0.05, 0.1) is 11.9 Å². The fourth-order valence-corrected chi connectivity index (χ4v) is 2.85. The molecule has 1 amide bonds. The second-order valence-electron chi connectivity index (χ2n) is 6.14. The third kappa shape index (κ3) is 4.13. The number of nitrogens with zero attached hydrogens (tertiary/aromatic N) is 4. The fraction of sp³-hybridized carbons (Fsp3) is 0.500. The largest absolute Gasteiger partial charge is 0.350 e. The number of hydrogen-bond donors (Lipinski definition) is 2.